The quantitative estimate of drug-likeness (QED) is 0.567. The van der Waals surface area contributed by atoms with Crippen LogP contribution in [0.25, 0.3) is 0 Å². The lowest BCUT2D eigenvalue weighted by Gasteiger charge is -2.06. The molecule has 0 saturated carbocycles. The Labute approximate surface area is 84.1 Å². The molecule has 0 heterocycles. The van der Waals surface area contributed by atoms with E-state index in [1.54, 1.807) is 18.2 Å². The summed E-state index contributed by atoms with van der Waals surface area (Å²) in [6.45, 7) is 2.05. The molecule has 0 saturated heterocycles. The molecule has 1 rings (SSSR count). The van der Waals surface area contributed by atoms with Gasteiger partial charge in [-0.1, -0.05) is 19.4 Å². The third kappa shape index (κ3) is 2.25. The number of benzene rings is 1. The van der Waals surface area contributed by atoms with Crippen molar-refractivity contribution in [3.63, 3.8) is 0 Å². The summed E-state index contributed by atoms with van der Waals surface area (Å²) in [6, 6.07) is 5.18. The zero-order valence-corrected chi connectivity index (χ0v) is 8.42. The Kier molecular flexibility index (Phi) is 3.51. The highest BCUT2D eigenvalue weighted by Gasteiger charge is 2.10. The summed E-state index contributed by atoms with van der Waals surface area (Å²) in [4.78, 5) is 11.6. The number of para-hydroxylation sites is 1. The Morgan fingerprint density at radius 1 is 1.36 bits per heavy atom. The van der Waals surface area contributed by atoms with E-state index >= 15 is 0 Å². The molecule has 3 heteroatoms. The molecule has 0 aromatic heterocycles. The van der Waals surface area contributed by atoms with Gasteiger partial charge >= 0.3 is 0 Å². The molecule has 4 N–H and O–H groups in total. The van der Waals surface area contributed by atoms with Crippen LogP contribution in [0.1, 0.15) is 36.5 Å². The number of unbranched alkanes of at least 4 members (excludes halogenated alkanes) is 1. The minimum absolute atomic E-state index is 0.0802. The van der Waals surface area contributed by atoms with Gasteiger partial charge in [0.25, 0.3) is 0 Å². The van der Waals surface area contributed by atoms with Gasteiger partial charge in [0.05, 0.1) is 11.4 Å². The second kappa shape index (κ2) is 4.65. The van der Waals surface area contributed by atoms with Crippen LogP contribution in [0.2, 0.25) is 0 Å². The van der Waals surface area contributed by atoms with Crippen molar-refractivity contribution in [2.75, 3.05) is 11.5 Å². The number of rotatable bonds is 4. The lowest BCUT2D eigenvalue weighted by atomic mass is 10.0. The molecule has 1 aromatic carbocycles. The number of Topliss-reactive ketones (excluding diaryl/α,β-unsaturated/α-hetero) is 1. The first-order valence-electron chi connectivity index (χ1n) is 4.84. The van der Waals surface area contributed by atoms with Gasteiger partial charge in [-0.15, -0.1) is 0 Å². The highest BCUT2D eigenvalue weighted by Crippen LogP contribution is 2.21. The predicted molar refractivity (Wildman–Crippen MR) is 59.1 cm³/mol. The minimum Gasteiger partial charge on any atom is -0.397 e. The summed E-state index contributed by atoms with van der Waals surface area (Å²) in [6.07, 6.45) is 2.45. The van der Waals surface area contributed by atoms with E-state index < -0.39 is 0 Å². The van der Waals surface area contributed by atoms with Crippen LogP contribution >= 0.6 is 0 Å². The average molecular weight is 192 g/mol. The van der Waals surface area contributed by atoms with Crippen LogP contribution in [0.15, 0.2) is 18.2 Å². The lowest BCUT2D eigenvalue weighted by molar-refractivity contribution is 0.0980. The van der Waals surface area contributed by atoms with Crippen LogP contribution in [-0.2, 0) is 0 Å². The van der Waals surface area contributed by atoms with E-state index in [4.69, 9.17) is 11.5 Å². The van der Waals surface area contributed by atoms with E-state index in [1.807, 2.05) is 0 Å². The van der Waals surface area contributed by atoms with Crippen molar-refractivity contribution in [2.45, 2.75) is 26.2 Å². The van der Waals surface area contributed by atoms with Crippen LogP contribution < -0.4 is 11.5 Å². The van der Waals surface area contributed by atoms with E-state index in [0.717, 1.165) is 12.8 Å². The molecule has 0 aliphatic heterocycles. The summed E-state index contributed by atoms with van der Waals surface area (Å²) in [5, 5.41) is 0. The number of carbonyl (C=O) groups is 1. The standard InChI is InChI=1S/C11H16N2O/c1-2-3-7-10(14)8-5-4-6-9(12)11(8)13/h4-6H,2-3,7,12-13H2,1H3. The van der Waals surface area contributed by atoms with Crippen molar-refractivity contribution >= 4 is 17.2 Å². The van der Waals surface area contributed by atoms with Gasteiger partial charge in [-0.05, 0) is 18.6 Å². The molecule has 76 valence electrons. The molecule has 0 fully saturated rings. The van der Waals surface area contributed by atoms with Gasteiger partial charge in [-0.3, -0.25) is 4.79 Å². The second-order valence-corrected chi connectivity index (χ2v) is 3.34. The third-order valence-electron chi connectivity index (χ3n) is 2.20. The second-order valence-electron chi connectivity index (χ2n) is 3.34. The van der Waals surface area contributed by atoms with Crippen LogP contribution in [0.5, 0.6) is 0 Å². The van der Waals surface area contributed by atoms with E-state index in [2.05, 4.69) is 6.92 Å². The molecule has 0 bridgehead atoms. The Hall–Kier alpha value is -1.51. The number of carbonyl (C=O) groups excluding carboxylic acids is 1. The summed E-state index contributed by atoms with van der Waals surface area (Å²) in [5.41, 5.74) is 12.8. The van der Waals surface area contributed by atoms with Gasteiger partial charge in [0, 0.05) is 12.0 Å². The van der Waals surface area contributed by atoms with Gasteiger partial charge in [0.2, 0.25) is 0 Å². The maximum Gasteiger partial charge on any atom is 0.165 e. The van der Waals surface area contributed by atoms with Gasteiger partial charge in [0.1, 0.15) is 0 Å². The smallest absolute Gasteiger partial charge is 0.165 e. The number of hydrogen-bond acceptors (Lipinski definition) is 3. The van der Waals surface area contributed by atoms with Crippen LogP contribution in [0.4, 0.5) is 11.4 Å². The van der Waals surface area contributed by atoms with Gasteiger partial charge in [-0.2, -0.15) is 0 Å². The highest BCUT2D eigenvalue weighted by molar-refractivity contribution is 6.02. The number of ketones is 1. The first-order chi connectivity index (χ1) is 6.66. The van der Waals surface area contributed by atoms with Crippen molar-refractivity contribution in [2.24, 2.45) is 0 Å². The first-order valence-corrected chi connectivity index (χ1v) is 4.84. The first kappa shape index (κ1) is 10.6. The molecule has 0 aliphatic carbocycles. The number of nitrogen functional groups attached to an aromatic ring is 2. The molecule has 3 nitrogen and oxygen atoms in total. The molecule has 0 aliphatic rings. The molecule has 0 unspecified atom stereocenters. The van der Waals surface area contributed by atoms with Crippen LogP contribution in [0.3, 0.4) is 0 Å². The fourth-order valence-corrected chi connectivity index (χ4v) is 1.30. The van der Waals surface area contributed by atoms with Crippen molar-refractivity contribution in [3.8, 4) is 0 Å². The zero-order valence-electron chi connectivity index (χ0n) is 8.42. The van der Waals surface area contributed by atoms with Crippen molar-refractivity contribution in [1.29, 1.82) is 0 Å². The molecular weight excluding hydrogens is 176 g/mol. The monoisotopic (exact) mass is 192 g/mol. The maximum atomic E-state index is 11.6. The molecular formula is C11H16N2O. The Morgan fingerprint density at radius 2 is 2.07 bits per heavy atom. The third-order valence-corrected chi connectivity index (χ3v) is 2.20. The zero-order chi connectivity index (χ0) is 10.6. The van der Waals surface area contributed by atoms with Crippen LogP contribution in [0, 0.1) is 0 Å². The van der Waals surface area contributed by atoms with Crippen molar-refractivity contribution in [3.05, 3.63) is 23.8 Å². The van der Waals surface area contributed by atoms with E-state index in [-0.39, 0.29) is 5.78 Å². The molecule has 14 heavy (non-hydrogen) atoms. The molecule has 0 spiro atoms. The van der Waals surface area contributed by atoms with Gasteiger partial charge in [-0.25, -0.2) is 0 Å². The van der Waals surface area contributed by atoms with E-state index in [0.29, 0.717) is 23.4 Å². The summed E-state index contributed by atoms with van der Waals surface area (Å²) < 4.78 is 0. The topological polar surface area (TPSA) is 69.1 Å². The number of anilines is 2. The van der Waals surface area contributed by atoms with Gasteiger partial charge < -0.3 is 11.5 Å². The molecule has 0 radical (unpaired) electrons. The van der Waals surface area contributed by atoms with Gasteiger partial charge in [0.15, 0.2) is 5.78 Å². The number of hydrogen-bond donors (Lipinski definition) is 2. The normalized spacial score (nSPS) is 10.1. The molecule has 0 atom stereocenters. The van der Waals surface area contributed by atoms with E-state index in [9.17, 15) is 4.79 Å². The SMILES string of the molecule is CCCCC(=O)c1cccc(N)c1N. The summed E-state index contributed by atoms with van der Waals surface area (Å²) >= 11 is 0. The maximum absolute atomic E-state index is 11.6. The predicted octanol–water partition coefficient (Wildman–Crippen LogP) is 2.22. The Balaban J connectivity index is 2.84. The lowest BCUT2D eigenvalue weighted by Crippen LogP contribution is -2.06. The van der Waals surface area contributed by atoms with Crippen molar-refractivity contribution in [1.82, 2.24) is 0 Å². The summed E-state index contributed by atoms with van der Waals surface area (Å²) in [5.74, 6) is 0.0802. The van der Waals surface area contributed by atoms with Crippen LogP contribution in [-0.4, -0.2) is 5.78 Å². The largest absolute Gasteiger partial charge is 0.397 e. The highest BCUT2D eigenvalue weighted by atomic mass is 16.1. The Bertz CT molecular complexity index is 334. The fraction of sp³-hybridized carbons (Fsp3) is 0.364. The minimum atomic E-state index is 0.0802. The molecule has 0 amide bonds. The average Bonchev–Trinajstić information content (AvgIpc) is 2.18. The Morgan fingerprint density at radius 3 is 2.71 bits per heavy atom. The fourth-order valence-electron chi connectivity index (χ4n) is 1.30. The van der Waals surface area contributed by atoms with Crippen molar-refractivity contribution < 1.29 is 4.79 Å². The summed E-state index contributed by atoms with van der Waals surface area (Å²) in [7, 11) is 0. The number of nitrogens with two attached hydrogens (primary N) is 2. The molecule has 1 aromatic rings. The van der Waals surface area contributed by atoms with E-state index in [1.165, 1.54) is 0 Å².